The number of hydrogen-bond acceptors (Lipinski definition) is 3. The van der Waals surface area contributed by atoms with Gasteiger partial charge in [-0.1, -0.05) is 44.0 Å². The summed E-state index contributed by atoms with van der Waals surface area (Å²) in [5.74, 6) is -1.59. The Morgan fingerprint density at radius 2 is 1.70 bits per heavy atom. The second-order valence-electron chi connectivity index (χ2n) is 5.45. The van der Waals surface area contributed by atoms with Gasteiger partial charge in [-0.25, -0.2) is 4.79 Å². The number of carboxylic acid groups (broad SMARTS) is 1. The van der Waals surface area contributed by atoms with Crippen LogP contribution in [-0.2, 0) is 4.79 Å². The molecule has 1 atom stereocenters. The highest BCUT2D eigenvalue weighted by Gasteiger charge is 2.28. The summed E-state index contributed by atoms with van der Waals surface area (Å²) in [7, 11) is 0. The lowest BCUT2D eigenvalue weighted by atomic mass is 9.87. The third-order valence-corrected chi connectivity index (χ3v) is 3.35. The number of anilines is 1. The molecule has 0 saturated carbocycles. The monoisotopic (exact) mass is 318 g/mol. The van der Waals surface area contributed by atoms with Gasteiger partial charge in [-0.15, -0.1) is 0 Å². The van der Waals surface area contributed by atoms with Crippen molar-refractivity contribution >= 4 is 40.8 Å². The van der Waals surface area contributed by atoms with Crippen LogP contribution in [0.1, 0.15) is 31.1 Å². The predicted molar refractivity (Wildman–Crippen MR) is 79.5 cm³/mol. The van der Waals surface area contributed by atoms with Crippen LogP contribution in [0.5, 0.6) is 0 Å². The Balaban J connectivity index is 3.05. The van der Waals surface area contributed by atoms with Crippen molar-refractivity contribution in [2.24, 2.45) is 11.1 Å². The zero-order valence-electron chi connectivity index (χ0n) is 11.3. The van der Waals surface area contributed by atoms with Crippen molar-refractivity contribution in [1.29, 1.82) is 0 Å². The summed E-state index contributed by atoms with van der Waals surface area (Å²) >= 11 is 11.9. The van der Waals surface area contributed by atoms with Crippen LogP contribution in [0.3, 0.4) is 0 Å². The fourth-order valence-electron chi connectivity index (χ4n) is 1.41. The van der Waals surface area contributed by atoms with Crippen LogP contribution >= 0.6 is 23.2 Å². The summed E-state index contributed by atoms with van der Waals surface area (Å²) in [4.78, 5) is 22.9. The zero-order valence-corrected chi connectivity index (χ0v) is 12.8. The standard InChI is InChI=1S/C13H16Cl2N2O3/c1-13(2,3)10(16)11(18)17-9-7(14)4-6(12(19)20)5-8(9)15/h4-5,10H,16H2,1-3H3,(H,17,18)(H,19,20). The molecule has 0 radical (unpaired) electrons. The van der Waals surface area contributed by atoms with Gasteiger partial charge in [0.2, 0.25) is 5.91 Å². The molecule has 0 saturated heterocycles. The van der Waals surface area contributed by atoms with Crippen LogP contribution in [-0.4, -0.2) is 23.0 Å². The molecule has 1 aromatic rings. The minimum Gasteiger partial charge on any atom is -0.478 e. The maximum atomic E-state index is 12.0. The molecule has 5 nitrogen and oxygen atoms in total. The fraction of sp³-hybridized carbons (Fsp3) is 0.385. The minimum absolute atomic E-state index is 0.0457. The molecule has 0 aliphatic heterocycles. The van der Waals surface area contributed by atoms with Crippen LogP contribution in [0, 0.1) is 5.41 Å². The smallest absolute Gasteiger partial charge is 0.335 e. The maximum absolute atomic E-state index is 12.0. The number of nitrogens with two attached hydrogens (primary N) is 1. The first kappa shape index (κ1) is 16.8. The number of amides is 1. The normalized spacial score (nSPS) is 12.9. The largest absolute Gasteiger partial charge is 0.478 e. The van der Waals surface area contributed by atoms with E-state index >= 15 is 0 Å². The second-order valence-corrected chi connectivity index (χ2v) is 6.27. The lowest BCUT2D eigenvalue weighted by Gasteiger charge is -2.26. The van der Waals surface area contributed by atoms with E-state index in [0.29, 0.717) is 0 Å². The van der Waals surface area contributed by atoms with Gasteiger partial charge in [0.15, 0.2) is 0 Å². The van der Waals surface area contributed by atoms with Gasteiger partial charge in [-0.05, 0) is 17.5 Å². The van der Waals surface area contributed by atoms with Crippen LogP contribution in [0.2, 0.25) is 10.0 Å². The maximum Gasteiger partial charge on any atom is 0.335 e. The Morgan fingerprint density at radius 1 is 1.25 bits per heavy atom. The first-order valence-electron chi connectivity index (χ1n) is 5.83. The van der Waals surface area contributed by atoms with E-state index < -0.39 is 23.3 Å². The summed E-state index contributed by atoms with van der Waals surface area (Å²) in [6, 6.07) is 1.68. The number of rotatable bonds is 3. The van der Waals surface area contributed by atoms with E-state index in [-0.39, 0.29) is 21.3 Å². The van der Waals surface area contributed by atoms with Crippen molar-refractivity contribution < 1.29 is 14.7 Å². The van der Waals surface area contributed by atoms with E-state index in [1.54, 1.807) is 0 Å². The van der Waals surface area contributed by atoms with Crippen LogP contribution in [0.25, 0.3) is 0 Å². The highest BCUT2D eigenvalue weighted by Crippen LogP contribution is 2.32. The van der Waals surface area contributed by atoms with Gasteiger partial charge in [0.25, 0.3) is 0 Å². The van der Waals surface area contributed by atoms with Crippen molar-refractivity contribution in [3.63, 3.8) is 0 Å². The molecule has 0 spiro atoms. The average molecular weight is 319 g/mol. The molecule has 7 heteroatoms. The zero-order chi connectivity index (χ0) is 15.7. The van der Waals surface area contributed by atoms with E-state index in [1.165, 1.54) is 12.1 Å². The number of benzene rings is 1. The molecule has 0 aliphatic rings. The Hall–Kier alpha value is -1.30. The first-order chi connectivity index (χ1) is 9.04. The van der Waals surface area contributed by atoms with Gasteiger partial charge in [0.1, 0.15) is 0 Å². The van der Waals surface area contributed by atoms with E-state index in [9.17, 15) is 9.59 Å². The van der Waals surface area contributed by atoms with Gasteiger partial charge in [0.05, 0.1) is 27.3 Å². The van der Waals surface area contributed by atoms with E-state index in [4.69, 9.17) is 34.0 Å². The first-order valence-corrected chi connectivity index (χ1v) is 6.58. The molecule has 0 heterocycles. The van der Waals surface area contributed by atoms with Crippen molar-refractivity contribution in [3.05, 3.63) is 27.7 Å². The number of nitrogens with one attached hydrogen (secondary N) is 1. The van der Waals surface area contributed by atoms with Crippen molar-refractivity contribution in [2.75, 3.05) is 5.32 Å². The van der Waals surface area contributed by atoms with Crippen molar-refractivity contribution in [3.8, 4) is 0 Å². The number of carbonyl (C=O) groups excluding carboxylic acids is 1. The van der Waals surface area contributed by atoms with E-state index in [2.05, 4.69) is 5.32 Å². The molecule has 0 aromatic heterocycles. The minimum atomic E-state index is -1.15. The molecule has 1 amide bonds. The average Bonchev–Trinajstić information content (AvgIpc) is 2.30. The number of aromatic carboxylic acids is 1. The number of hydrogen-bond donors (Lipinski definition) is 3. The number of carbonyl (C=O) groups is 2. The van der Waals surface area contributed by atoms with E-state index in [1.807, 2.05) is 20.8 Å². The highest BCUT2D eigenvalue weighted by atomic mass is 35.5. The Kier molecular flexibility index (Phi) is 5.02. The molecular formula is C13H16Cl2N2O3. The Bertz CT molecular complexity index is 530. The lowest BCUT2D eigenvalue weighted by Crippen LogP contribution is -2.45. The molecular weight excluding hydrogens is 303 g/mol. The molecule has 1 unspecified atom stereocenters. The summed E-state index contributed by atoms with van der Waals surface area (Å²) in [5, 5.41) is 11.5. The quantitative estimate of drug-likeness (QED) is 0.798. The Morgan fingerprint density at radius 3 is 2.05 bits per heavy atom. The second kappa shape index (κ2) is 5.99. The van der Waals surface area contributed by atoms with Gasteiger partial charge < -0.3 is 16.2 Å². The molecule has 0 bridgehead atoms. The number of halogens is 2. The third kappa shape index (κ3) is 3.85. The van der Waals surface area contributed by atoms with Crippen LogP contribution in [0.15, 0.2) is 12.1 Å². The molecule has 4 N–H and O–H groups in total. The van der Waals surface area contributed by atoms with Crippen molar-refractivity contribution in [2.45, 2.75) is 26.8 Å². The SMILES string of the molecule is CC(C)(C)C(N)C(=O)Nc1c(Cl)cc(C(=O)O)cc1Cl. The molecule has 1 aromatic carbocycles. The summed E-state index contributed by atoms with van der Waals surface area (Å²) in [6.07, 6.45) is 0. The van der Waals surface area contributed by atoms with Crippen LogP contribution in [0.4, 0.5) is 5.69 Å². The summed E-state index contributed by atoms with van der Waals surface area (Å²) in [5.41, 5.74) is 5.50. The van der Waals surface area contributed by atoms with Gasteiger partial charge in [-0.3, -0.25) is 4.79 Å². The molecule has 1 rings (SSSR count). The van der Waals surface area contributed by atoms with Crippen molar-refractivity contribution in [1.82, 2.24) is 0 Å². The Labute approximate surface area is 127 Å². The van der Waals surface area contributed by atoms with Crippen LogP contribution < -0.4 is 11.1 Å². The third-order valence-electron chi connectivity index (χ3n) is 2.75. The summed E-state index contributed by atoms with van der Waals surface area (Å²) in [6.45, 7) is 5.48. The number of carboxylic acids is 1. The molecule has 0 aliphatic carbocycles. The van der Waals surface area contributed by atoms with E-state index in [0.717, 1.165) is 0 Å². The topological polar surface area (TPSA) is 92.4 Å². The molecule has 20 heavy (non-hydrogen) atoms. The summed E-state index contributed by atoms with van der Waals surface area (Å²) < 4.78 is 0. The van der Waals surface area contributed by atoms with Gasteiger partial charge in [0, 0.05) is 0 Å². The van der Waals surface area contributed by atoms with Gasteiger partial charge >= 0.3 is 5.97 Å². The molecule has 110 valence electrons. The lowest BCUT2D eigenvalue weighted by molar-refractivity contribution is -0.119. The van der Waals surface area contributed by atoms with Gasteiger partial charge in [-0.2, -0.15) is 0 Å². The predicted octanol–water partition coefficient (Wildman–Crippen LogP) is 3.00. The molecule has 0 fully saturated rings. The fourth-order valence-corrected chi connectivity index (χ4v) is 1.99. The highest BCUT2D eigenvalue weighted by molar-refractivity contribution is 6.40.